The first kappa shape index (κ1) is 22.8. The van der Waals surface area contributed by atoms with E-state index in [0.29, 0.717) is 11.4 Å². The number of amides is 1. The van der Waals surface area contributed by atoms with Crippen molar-refractivity contribution in [3.8, 4) is 5.75 Å². The zero-order valence-corrected chi connectivity index (χ0v) is 19.5. The number of anilines is 1. The van der Waals surface area contributed by atoms with Crippen molar-refractivity contribution in [1.82, 2.24) is 5.32 Å². The highest BCUT2D eigenvalue weighted by atomic mass is 79.9. The van der Waals surface area contributed by atoms with E-state index in [1.165, 1.54) is 24.3 Å². The van der Waals surface area contributed by atoms with Gasteiger partial charge in [0.2, 0.25) is 0 Å². The lowest BCUT2D eigenvalue weighted by Gasteiger charge is -2.15. The van der Waals surface area contributed by atoms with Gasteiger partial charge in [-0.1, -0.05) is 40.2 Å². The summed E-state index contributed by atoms with van der Waals surface area (Å²) in [7, 11) is -3.72. The minimum atomic E-state index is -3.72. The molecule has 0 aliphatic carbocycles. The molecule has 3 aromatic carbocycles. The Morgan fingerprint density at radius 1 is 1.03 bits per heavy atom. The van der Waals surface area contributed by atoms with Crippen LogP contribution in [0.2, 0.25) is 0 Å². The minimum Gasteiger partial charge on any atom is -0.484 e. The van der Waals surface area contributed by atoms with Gasteiger partial charge >= 0.3 is 0 Å². The fourth-order valence-electron chi connectivity index (χ4n) is 2.93. The van der Waals surface area contributed by atoms with Crippen molar-refractivity contribution >= 4 is 37.5 Å². The van der Waals surface area contributed by atoms with E-state index in [1.54, 1.807) is 18.2 Å². The van der Waals surface area contributed by atoms with Crippen molar-refractivity contribution in [2.45, 2.75) is 24.8 Å². The van der Waals surface area contributed by atoms with E-state index < -0.39 is 10.0 Å². The largest absolute Gasteiger partial charge is 0.484 e. The summed E-state index contributed by atoms with van der Waals surface area (Å²) in [5.74, 6) is 0.130. The van der Waals surface area contributed by atoms with Gasteiger partial charge in [-0.2, -0.15) is 0 Å². The summed E-state index contributed by atoms with van der Waals surface area (Å²) < 4.78 is 34.1. The first-order chi connectivity index (χ1) is 14.7. The van der Waals surface area contributed by atoms with Crippen LogP contribution in [0.5, 0.6) is 5.75 Å². The molecule has 0 aliphatic heterocycles. The Hall–Kier alpha value is -2.84. The molecule has 3 aromatic rings. The number of sulfonamides is 1. The molecule has 162 valence electrons. The Bertz CT molecular complexity index is 1160. The molecule has 0 saturated heterocycles. The molecule has 2 N–H and O–H groups in total. The average Bonchev–Trinajstić information content (AvgIpc) is 2.72. The molecule has 0 heterocycles. The number of benzene rings is 3. The average molecular weight is 503 g/mol. The van der Waals surface area contributed by atoms with Crippen LogP contribution in [-0.2, 0) is 14.8 Å². The van der Waals surface area contributed by atoms with Crippen LogP contribution in [0.15, 0.2) is 82.2 Å². The number of hydrogen-bond acceptors (Lipinski definition) is 4. The number of nitrogens with one attached hydrogen (secondary N) is 2. The highest BCUT2D eigenvalue weighted by Crippen LogP contribution is 2.20. The van der Waals surface area contributed by atoms with Gasteiger partial charge in [-0.05, 0) is 73.5 Å². The minimum absolute atomic E-state index is 0.106. The molecule has 0 aliphatic rings. The molecule has 0 radical (unpaired) electrons. The third-order valence-electron chi connectivity index (χ3n) is 4.50. The molecule has 1 atom stereocenters. The molecule has 0 unspecified atom stereocenters. The number of rotatable bonds is 8. The second-order valence-corrected chi connectivity index (χ2v) is 9.68. The summed E-state index contributed by atoms with van der Waals surface area (Å²) >= 11 is 3.41. The van der Waals surface area contributed by atoms with Gasteiger partial charge in [-0.15, -0.1) is 0 Å². The van der Waals surface area contributed by atoms with Crippen LogP contribution in [0.3, 0.4) is 0 Å². The van der Waals surface area contributed by atoms with Crippen molar-refractivity contribution < 1.29 is 17.9 Å². The lowest BCUT2D eigenvalue weighted by molar-refractivity contribution is -0.123. The lowest BCUT2D eigenvalue weighted by atomic mass is 10.1. The van der Waals surface area contributed by atoms with Crippen molar-refractivity contribution in [1.29, 1.82) is 0 Å². The van der Waals surface area contributed by atoms with Crippen LogP contribution >= 0.6 is 15.9 Å². The van der Waals surface area contributed by atoms with Crippen LogP contribution < -0.4 is 14.8 Å². The number of carbonyl (C=O) groups is 1. The zero-order valence-electron chi connectivity index (χ0n) is 17.1. The maximum Gasteiger partial charge on any atom is 0.261 e. The zero-order chi connectivity index (χ0) is 22.4. The molecule has 31 heavy (non-hydrogen) atoms. The molecule has 0 spiro atoms. The van der Waals surface area contributed by atoms with Gasteiger partial charge in [0, 0.05) is 10.2 Å². The van der Waals surface area contributed by atoms with Crippen LogP contribution in [-0.4, -0.2) is 20.9 Å². The number of carbonyl (C=O) groups excluding carboxylic acids is 1. The van der Waals surface area contributed by atoms with Crippen LogP contribution in [0.25, 0.3) is 0 Å². The first-order valence-electron chi connectivity index (χ1n) is 9.60. The number of hydrogen-bond donors (Lipinski definition) is 2. The van der Waals surface area contributed by atoms with Crippen molar-refractivity contribution in [3.05, 3.63) is 88.4 Å². The summed E-state index contributed by atoms with van der Waals surface area (Å²) in [6.45, 7) is 3.60. The summed E-state index contributed by atoms with van der Waals surface area (Å²) in [5.41, 5.74) is 2.42. The molecular formula is C23H23BrN2O4S. The van der Waals surface area contributed by atoms with E-state index in [2.05, 4.69) is 26.0 Å². The number of halogens is 1. The standard InChI is InChI=1S/C23H23BrN2O4S/c1-16-5-3-8-20(13-16)26-31(28,29)22-11-9-21(10-12-22)30-15-23(27)25-17(2)18-6-4-7-19(24)14-18/h3-14,17,26H,15H2,1-2H3,(H,25,27)/t17-/m1/s1. The molecular weight excluding hydrogens is 480 g/mol. The molecule has 1 amide bonds. The number of ether oxygens (including phenoxy) is 1. The molecule has 0 saturated carbocycles. The first-order valence-corrected chi connectivity index (χ1v) is 11.9. The van der Waals surface area contributed by atoms with Gasteiger partial charge in [-0.3, -0.25) is 9.52 Å². The fraction of sp³-hybridized carbons (Fsp3) is 0.174. The van der Waals surface area contributed by atoms with E-state index in [0.717, 1.165) is 15.6 Å². The van der Waals surface area contributed by atoms with Gasteiger partial charge in [0.1, 0.15) is 5.75 Å². The Morgan fingerprint density at radius 3 is 2.42 bits per heavy atom. The van der Waals surface area contributed by atoms with Gasteiger partial charge in [0.15, 0.2) is 6.61 Å². The third-order valence-corrected chi connectivity index (χ3v) is 6.39. The summed E-state index contributed by atoms with van der Waals surface area (Å²) in [4.78, 5) is 12.3. The summed E-state index contributed by atoms with van der Waals surface area (Å²) in [6.07, 6.45) is 0. The van der Waals surface area contributed by atoms with Crippen LogP contribution in [0, 0.1) is 6.92 Å². The Balaban J connectivity index is 1.56. The molecule has 8 heteroatoms. The Labute approximate surface area is 190 Å². The highest BCUT2D eigenvalue weighted by Gasteiger charge is 2.15. The maximum atomic E-state index is 12.6. The van der Waals surface area contributed by atoms with Gasteiger partial charge < -0.3 is 10.1 Å². The van der Waals surface area contributed by atoms with Gasteiger partial charge in [0.05, 0.1) is 10.9 Å². The van der Waals surface area contributed by atoms with Crippen molar-refractivity contribution in [2.24, 2.45) is 0 Å². The highest BCUT2D eigenvalue weighted by molar-refractivity contribution is 9.10. The lowest BCUT2D eigenvalue weighted by Crippen LogP contribution is -2.31. The molecule has 3 rings (SSSR count). The van der Waals surface area contributed by atoms with E-state index in [4.69, 9.17) is 4.74 Å². The van der Waals surface area contributed by atoms with Crippen LogP contribution in [0.4, 0.5) is 5.69 Å². The van der Waals surface area contributed by atoms with E-state index in [1.807, 2.05) is 44.2 Å². The normalized spacial score (nSPS) is 12.1. The van der Waals surface area contributed by atoms with Gasteiger partial charge in [-0.25, -0.2) is 8.42 Å². The van der Waals surface area contributed by atoms with Gasteiger partial charge in [0.25, 0.3) is 15.9 Å². The smallest absolute Gasteiger partial charge is 0.261 e. The predicted molar refractivity (Wildman–Crippen MR) is 125 cm³/mol. The Morgan fingerprint density at radius 2 is 1.74 bits per heavy atom. The SMILES string of the molecule is Cc1cccc(NS(=O)(=O)c2ccc(OCC(=O)N[C@H](C)c3cccc(Br)c3)cc2)c1. The Kier molecular flexibility index (Phi) is 7.35. The topological polar surface area (TPSA) is 84.5 Å². The second kappa shape index (κ2) is 9.98. The third kappa shape index (κ3) is 6.57. The van der Waals surface area contributed by atoms with E-state index in [9.17, 15) is 13.2 Å². The van der Waals surface area contributed by atoms with Crippen LogP contribution in [0.1, 0.15) is 24.1 Å². The monoisotopic (exact) mass is 502 g/mol. The number of aryl methyl sites for hydroxylation is 1. The molecule has 6 nitrogen and oxygen atoms in total. The van der Waals surface area contributed by atoms with Crippen molar-refractivity contribution in [3.63, 3.8) is 0 Å². The molecule has 0 bridgehead atoms. The molecule has 0 fully saturated rings. The quantitative estimate of drug-likeness (QED) is 0.462. The second-order valence-electron chi connectivity index (χ2n) is 7.08. The maximum absolute atomic E-state index is 12.6. The van der Waals surface area contributed by atoms with E-state index >= 15 is 0 Å². The van der Waals surface area contributed by atoms with E-state index in [-0.39, 0.29) is 23.5 Å². The fourth-order valence-corrected chi connectivity index (χ4v) is 4.40. The summed E-state index contributed by atoms with van der Waals surface area (Å²) in [5, 5.41) is 2.87. The van der Waals surface area contributed by atoms with Crippen molar-refractivity contribution in [2.75, 3.05) is 11.3 Å². The predicted octanol–water partition coefficient (Wildman–Crippen LogP) is 4.81. The summed E-state index contributed by atoms with van der Waals surface area (Å²) in [6, 6.07) is 20.6. The molecule has 0 aromatic heterocycles.